The number of aliphatic imine (C=N–C) groups is 1. The number of alkyl halides is 3. The highest BCUT2D eigenvalue weighted by Crippen LogP contribution is 2.28. The summed E-state index contributed by atoms with van der Waals surface area (Å²) in [6.45, 7) is 0.317. The molecule has 0 fully saturated rings. The molecule has 1 aromatic heterocycles. The summed E-state index contributed by atoms with van der Waals surface area (Å²) in [5.74, 6) is -0.557. The second kappa shape index (κ2) is 10.1. The van der Waals surface area contributed by atoms with Crippen LogP contribution in [0.25, 0.3) is 27.5 Å². The van der Waals surface area contributed by atoms with Crippen molar-refractivity contribution in [3.8, 4) is 11.4 Å². The van der Waals surface area contributed by atoms with Gasteiger partial charge in [0.1, 0.15) is 17.9 Å². The van der Waals surface area contributed by atoms with E-state index in [0.717, 1.165) is 27.4 Å². The maximum Gasteiger partial charge on any atom is 0.573 e. The molecule has 1 heterocycles. The molecule has 0 radical (unpaired) electrons. The van der Waals surface area contributed by atoms with E-state index in [0.29, 0.717) is 29.1 Å². The molecule has 0 aliphatic carbocycles. The van der Waals surface area contributed by atoms with Crippen LogP contribution in [0.5, 0.6) is 5.75 Å². The quantitative estimate of drug-likeness (QED) is 0.129. The highest BCUT2D eigenvalue weighted by molar-refractivity contribution is 7.80. The minimum absolute atomic E-state index is 0.274. The topological polar surface area (TPSA) is 39.4 Å². The van der Waals surface area contributed by atoms with Gasteiger partial charge in [0.25, 0.3) is 0 Å². The maximum absolute atomic E-state index is 13.8. The van der Waals surface area contributed by atoms with Crippen LogP contribution in [0.2, 0.25) is 0 Å². The second-order valence-electron chi connectivity index (χ2n) is 8.35. The van der Waals surface area contributed by atoms with Crippen molar-refractivity contribution in [3.63, 3.8) is 0 Å². The molecule has 0 bridgehead atoms. The number of imidazole rings is 1. The summed E-state index contributed by atoms with van der Waals surface area (Å²) < 4.78 is 56.9. The second-order valence-corrected chi connectivity index (χ2v) is 8.92. The summed E-state index contributed by atoms with van der Waals surface area (Å²) in [7, 11) is 0. The van der Waals surface area contributed by atoms with Gasteiger partial charge < -0.3 is 4.74 Å². The first-order valence-corrected chi connectivity index (χ1v) is 11.7. The molecule has 0 aliphatic rings. The Balaban J connectivity index is 1.32. The summed E-state index contributed by atoms with van der Waals surface area (Å²) in [6.07, 6.45) is -1.01. The van der Waals surface area contributed by atoms with Crippen molar-refractivity contribution in [2.45, 2.75) is 12.8 Å². The van der Waals surface area contributed by atoms with Gasteiger partial charge in [-0.2, -0.15) is 0 Å². The average molecular weight is 522 g/mol. The summed E-state index contributed by atoms with van der Waals surface area (Å²) >= 11 is 5.37. The van der Waals surface area contributed by atoms with Crippen molar-refractivity contribution in [3.05, 3.63) is 102 Å². The minimum atomic E-state index is -4.74. The largest absolute Gasteiger partial charge is 0.573 e. The number of fused-ring (bicyclic) bond motifs is 3. The molecule has 0 spiro atoms. The van der Waals surface area contributed by atoms with Crippen molar-refractivity contribution in [1.29, 1.82) is 0 Å². The monoisotopic (exact) mass is 521 g/mol. The van der Waals surface area contributed by atoms with Gasteiger partial charge in [-0.05, 0) is 59.0 Å². The molecule has 0 unspecified atom stereocenters. The Morgan fingerprint density at radius 1 is 1.00 bits per heavy atom. The average Bonchev–Trinajstić information content (AvgIpc) is 3.29. The fraction of sp³-hybridized carbons (Fsp3) is 0.107. The van der Waals surface area contributed by atoms with Crippen molar-refractivity contribution in [2.75, 3.05) is 6.54 Å². The van der Waals surface area contributed by atoms with Gasteiger partial charge in [0, 0.05) is 28.6 Å². The zero-order valence-electron chi connectivity index (χ0n) is 19.2. The highest BCUT2D eigenvalue weighted by Gasteiger charge is 2.31. The lowest BCUT2D eigenvalue weighted by Gasteiger charge is -2.10. The zero-order chi connectivity index (χ0) is 26.0. The van der Waals surface area contributed by atoms with E-state index in [1.165, 1.54) is 18.2 Å². The first-order chi connectivity index (χ1) is 17.8. The zero-order valence-corrected chi connectivity index (χ0v) is 20.1. The molecule has 5 aromatic rings. The summed E-state index contributed by atoms with van der Waals surface area (Å²) in [6, 6.07) is 21.9. The molecule has 0 saturated carbocycles. The Morgan fingerprint density at radius 2 is 1.78 bits per heavy atom. The van der Waals surface area contributed by atoms with E-state index in [-0.39, 0.29) is 11.6 Å². The Bertz CT molecular complexity index is 1620. The first-order valence-electron chi connectivity index (χ1n) is 11.3. The van der Waals surface area contributed by atoms with Crippen LogP contribution in [-0.2, 0) is 6.42 Å². The van der Waals surface area contributed by atoms with Crippen LogP contribution in [0, 0.1) is 5.82 Å². The van der Waals surface area contributed by atoms with Gasteiger partial charge in [0.15, 0.2) is 0 Å². The molecular weight excluding hydrogens is 502 g/mol. The Kier molecular flexibility index (Phi) is 6.71. The van der Waals surface area contributed by atoms with Crippen LogP contribution in [0.3, 0.4) is 0 Å². The number of rotatable bonds is 7. The molecule has 9 heteroatoms. The Labute approximate surface area is 214 Å². The van der Waals surface area contributed by atoms with E-state index in [2.05, 4.69) is 14.7 Å². The standard InChI is InChI=1S/C28H19F4N3OS/c29-25-4-2-1-3-20(25)14-23(37)16-33-15-18-5-11-24-19(13-18)6-12-26-27(24)34-17-35(26)21-7-9-22(10-8-21)36-28(30,31)32/h1-13,15,17H,14,16H2. The lowest BCUT2D eigenvalue weighted by Crippen LogP contribution is -2.17. The third-order valence-corrected chi connectivity index (χ3v) is 6.03. The van der Waals surface area contributed by atoms with Crippen molar-refractivity contribution >= 4 is 45.1 Å². The number of aromatic nitrogens is 2. The van der Waals surface area contributed by atoms with E-state index >= 15 is 0 Å². The van der Waals surface area contributed by atoms with E-state index in [9.17, 15) is 17.6 Å². The van der Waals surface area contributed by atoms with Gasteiger partial charge in [0.2, 0.25) is 0 Å². The molecule has 0 aliphatic heterocycles. The molecule has 5 rings (SSSR count). The Morgan fingerprint density at radius 3 is 2.54 bits per heavy atom. The lowest BCUT2D eigenvalue weighted by molar-refractivity contribution is -0.274. The van der Waals surface area contributed by atoms with Crippen molar-refractivity contribution in [2.24, 2.45) is 4.99 Å². The van der Waals surface area contributed by atoms with Gasteiger partial charge in [0.05, 0.1) is 17.6 Å². The van der Waals surface area contributed by atoms with E-state index in [1.807, 2.05) is 30.3 Å². The van der Waals surface area contributed by atoms with Gasteiger partial charge in [-0.15, -0.1) is 13.2 Å². The molecule has 0 N–H and O–H groups in total. The van der Waals surface area contributed by atoms with Crippen LogP contribution in [0.15, 0.2) is 90.2 Å². The first kappa shape index (κ1) is 24.6. The molecule has 0 atom stereocenters. The molecule has 0 amide bonds. The number of thiocarbonyl (C=S) groups is 1. The van der Waals surface area contributed by atoms with Crippen LogP contribution < -0.4 is 4.74 Å². The molecule has 4 aromatic carbocycles. The summed E-state index contributed by atoms with van der Waals surface area (Å²) in [5, 5.41) is 1.89. The van der Waals surface area contributed by atoms with Gasteiger partial charge in [-0.1, -0.05) is 48.6 Å². The van der Waals surface area contributed by atoms with Crippen molar-refractivity contribution < 1.29 is 22.3 Å². The number of ether oxygens (including phenoxy) is 1. The molecule has 0 saturated heterocycles. The van der Waals surface area contributed by atoms with Gasteiger partial charge >= 0.3 is 6.36 Å². The summed E-state index contributed by atoms with van der Waals surface area (Å²) in [5.41, 5.74) is 3.69. The third kappa shape index (κ3) is 5.67. The smallest absolute Gasteiger partial charge is 0.406 e. The predicted octanol–water partition coefficient (Wildman–Crippen LogP) is 7.25. The predicted molar refractivity (Wildman–Crippen MR) is 140 cm³/mol. The molecule has 4 nitrogen and oxygen atoms in total. The van der Waals surface area contributed by atoms with E-state index < -0.39 is 6.36 Å². The molecular formula is C28H19F4N3OS. The van der Waals surface area contributed by atoms with Crippen LogP contribution in [-0.4, -0.2) is 33.5 Å². The van der Waals surface area contributed by atoms with Gasteiger partial charge in [-0.3, -0.25) is 9.56 Å². The fourth-order valence-electron chi connectivity index (χ4n) is 4.09. The Hall–Kier alpha value is -4.11. The lowest BCUT2D eigenvalue weighted by atomic mass is 10.1. The fourth-order valence-corrected chi connectivity index (χ4v) is 4.32. The van der Waals surface area contributed by atoms with Crippen molar-refractivity contribution in [1.82, 2.24) is 9.55 Å². The third-order valence-electron chi connectivity index (χ3n) is 5.76. The normalized spacial score (nSPS) is 12.0. The van der Waals surface area contributed by atoms with E-state index in [4.69, 9.17) is 12.2 Å². The number of benzene rings is 4. The number of hydrogen-bond donors (Lipinski definition) is 0. The van der Waals surface area contributed by atoms with Crippen LogP contribution >= 0.6 is 12.2 Å². The number of halogens is 4. The maximum atomic E-state index is 13.8. The summed E-state index contributed by atoms with van der Waals surface area (Å²) in [4.78, 5) is 9.60. The number of nitrogens with zero attached hydrogens (tertiary/aromatic N) is 3. The SMILES string of the molecule is Fc1ccccc1CC(=S)CN=Cc1ccc2c(ccc3c2ncn3-c2ccc(OC(F)(F)F)cc2)c1. The molecule has 186 valence electrons. The van der Waals surface area contributed by atoms with Crippen LogP contribution in [0.4, 0.5) is 17.6 Å². The highest BCUT2D eigenvalue weighted by atomic mass is 32.1. The van der Waals surface area contributed by atoms with Gasteiger partial charge in [-0.25, -0.2) is 9.37 Å². The minimum Gasteiger partial charge on any atom is -0.406 e. The van der Waals surface area contributed by atoms with Crippen LogP contribution in [0.1, 0.15) is 11.1 Å². The van der Waals surface area contributed by atoms with E-state index in [1.54, 1.807) is 47.4 Å². The molecule has 37 heavy (non-hydrogen) atoms. The number of hydrogen-bond acceptors (Lipinski definition) is 4.